The molecule has 2 aliphatic rings. The van der Waals surface area contributed by atoms with Gasteiger partial charge in [-0.1, -0.05) is 12.8 Å². The van der Waals surface area contributed by atoms with E-state index in [2.05, 4.69) is 5.32 Å². The molecule has 0 bridgehead atoms. The summed E-state index contributed by atoms with van der Waals surface area (Å²) in [7, 11) is 1.77. The van der Waals surface area contributed by atoms with Gasteiger partial charge in [-0.15, -0.1) is 11.3 Å². The van der Waals surface area contributed by atoms with Crippen LogP contribution in [0.3, 0.4) is 0 Å². The SMILES string of the molecule is COCCNC(c1nc2c(s1)CCC2)C1CCCC1. The van der Waals surface area contributed by atoms with E-state index in [1.165, 1.54) is 55.6 Å². The van der Waals surface area contributed by atoms with Crippen molar-refractivity contribution in [2.45, 2.75) is 51.0 Å². The average Bonchev–Trinajstić information content (AvgIpc) is 3.10. The molecule has 0 spiro atoms. The van der Waals surface area contributed by atoms with E-state index in [0.717, 1.165) is 19.1 Å². The molecule has 3 rings (SSSR count). The molecule has 0 radical (unpaired) electrons. The van der Waals surface area contributed by atoms with E-state index >= 15 is 0 Å². The predicted octanol–water partition coefficient (Wildman–Crippen LogP) is 3.10. The van der Waals surface area contributed by atoms with Crippen LogP contribution in [0, 0.1) is 5.92 Å². The fourth-order valence-corrected chi connectivity index (χ4v) is 4.73. The number of aromatic nitrogens is 1. The minimum Gasteiger partial charge on any atom is -0.383 e. The summed E-state index contributed by atoms with van der Waals surface area (Å²) in [6.07, 6.45) is 9.24. The number of aryl methyl sites for hydroxylation is 2. The Balaban J connectivity index is 1.72. The highest BCUT2D eigenvalue weighted by atomic mass is 32.1. The van der Waals surface area contributed by atoms with Crippen LogP contribution < -0.4 is 5.32 Å². The van der Waals surface area contributed by atoms with Crippen molar-refractivity contribution < 1.29 is 4.74 Å². The van der Waals surface area contributed by atoms with Gasteiger partial charge in [0.1, 0.15) is 5.01 Å². The first kappa shape index (κ1) is 13.5. The van der Waals surface area contributed by atoms with Gasteiger partial charge >= 0.3 is 0 Å². The molecule has 4 heteroatoms. The van der Waals surface area contributed by atoms with Crippen molar-refractivity contribution in [3.63, 3.8) is 0 Å². The van der Waals surface area contributed by atoms with Gasteiger partial charge in [-0.2, -0.15) is 0 Å². The molecule has 0 amide bonds. The Labute approximate surface area is 119 Å². The first-order valence-corrected chi connectivity index (χ1v) is 8.41. The standard InChI is InChI=1S/C15H24N2OS/c1-18-10-9-16-14(11-5-2-3-6-11)15-17-12-7-4-8-13(12)19-15/h11,14,16H,2-10H2,1H3. The van der Waals surface area contributed by atoms with E-state index in [0.29, 0.717) is 6.04 Å². The maximum Gasteiger partial charge on any atom is 0.110 e. The molecule has 106 valence electrons. The fraction of sp³-hybridized carbons (Fsp3) is 0.800. The van der Waals surface area contributed by atoms with Gasteiger partial charge in [-0.05, 0) is 38.0 Å². The highest BCUT2D eigenvalue weighted by Gasteiger charge is 2.29. The molecule has 1 heterocycles. The average molecular weight is 280 g/mol. The summed E-state index contributed by atoms with van der Waals surface area (Å²) in [5.41, 5.74) is 1.39. The molecule has 0 saturated heterocycles. The summed E-state index contributed by atoms with van der Waals surface area (Å²) in [5.74, 6) is 0.781. The molecule has 2 aliphatic carbocycles. The normalized spacial score (nSPS) is 20.9. The van der Waals surface area contributed by atoms with Gasteiger partial charge in [0, 0.05) is 18.5 Å². The van der Waals surface area contributed by atoms with Crippen LogP contribution in [0.2, 0.25) is 0 Å². The lowest BCUT2D eigenvalue weighted by Gasteiger charge is -2.22. The van der Waals surface area contributed by atoms with Crippen molar-refractivity contribution in [3.05, 3.63) is 15.6 Å². The van der Waals surface area contributed by atoms with Crippen LogP contribution in [0.4, 0.5) is 0 Å². The van der Waals surface area contributed by atoms with Gasteiger partial charge < -0.3 is 10.1 Å². The Bertz CT molecular complexity index is 391. The van der Waals surface area contributed by atoms with Gasteiger partial charge in [-0.25, -0.2) is 4.98 Å². The number of thiazole rings is 1. The van der Waals surface area contributed by atoms with Crippen molar-refractivity contribution in [2.24, 2.45) is 5.92 Å². The number of nitrogens with zero attached hydrogens (tertiary/aromatic N) is 1. The number of ether oxygens (including phenoxy) is 1. The minimum atomic E-state index is 0.466. The van der Waals surface area contributed by atoms with Gasteiger partial charge in [0.05, 0.1) is 18.3 Å². The van der Waals surface area contributed by atoms with Gasteiger partial charge in [-0.3, -0.25) is 0 Å². The van der Waals surface area contributed by atoms with E-state index in [1.54, 1.807) is 12.0 Å². The molecule has 1 N–H and O–H groups in total. The van der Waals surface area contributed by atoms with Crippen LogP contribution >= 0.6 is 11.3 Å². The zero-order chi connectivity index (χ0) is 13.1. The van der Waals surface area contributed by atoms with Gasteiger partial charge in [0.15, 0.2) is 0 Å². The molecule has 1 fully saturated rings. The molecular weight excluding hydrogens is 256 g/mol. The summed E-state index contributed by atoms with van der Waals surface area (Å²) in [6.45, 7) is 1.72. The predicted molar refractivity (Wildman–Crippen MR) is 78.7 cm³/mol. The lowest BCUT2D eigenvalue weighted by atomic mass is 9.98. The molecule has 1 aromatic rings. The lowest BCUT2D eigenvalue weighted by Crippen LogP contribution is -2.30. The summed E-state index contributed by atoms with van der Waals surface area (Å²) in [6, 6.07) is 0.466. The van der Waals surface area contributed by atoms with Crippen LogP contribution in [0.5, 0.6) is 0 Å². The quantitative estimate of drug-likeness (QED) is 0.813. The maximum atomic E-state index is 5.17. The maximum absolute atomic E-state index is 5.17. The third kappa shape index (κ3) is 3.01. The first-order chi connectivity index (χ1) is 9.38. The van der Waals surface area contributed by atoms with Crippen LogP contribution in [0.15, 0.2) is 0 Å². The molecule has 1 unspecified atom stereocenters. The molecule has 0 aliphatic heterocycles. The van der Waals surface area contributed by atoms with E-state index in [-0.39, 0.29) is 0 Å². The summed E-state index contributed by atoms with van der Waals surface area (Å²) in [4.78, 5) is 6.48. The topological polar surface area (TPSA) is 34.1 Å². The highest BCUT2D eigenvalue weighted by Crippen LogP contribution is 2.39. The molecule has 19 heavy (non-hydrogen) atoms. The Morgan fingerprint density at radius 1 is 1.32 bits per heavy atom. The largest absolute Gasteiger partial charge is 0.383 e. The molecule has 0 aromatic carbocycles. The van der Waals surface area contributed by atoms with Crippen LogP contribution in [-0.4, -0.2) is 25.2 Å². The number of hydrogen-bond donors (Lipinski definition) is 1. The van der Waals surface area contributed by atoms with E-state index in [4.69, 9.17) is 9.72 Å². The van der Waals surface area contributed by atoms with Crippen molar-refractivity contribution in [1.82, 2.24) is 10.3 Å². The van der Waals surface area contributed by atoms with E-state index in [1.807, 2.05) is 11.3 Å². The summed E-state index contributed by atoms with van der Waals surface area (Å²) < 4.78 is 5.17. The summed E-state index contributed by atoms with van der Waals surface area (Å²) in [5, 5.41) is 5.03. The lowest BCUT2D eigenvalue weighted by molar-refractivity contribution is 0.190. The Morgan fingerprint density at radius 3 is 2.89 bits per heavy atom. The number of rotatable bonds is 6. The van der Waals surface area contributed by atoms with Crippen molar-refractivity contribution in [3.8, 4) is 0 Å². The second-order valence-electron chi connectivity index (χ2n) is 5.74. The number of methoxy groups -OCH3 is 1. The third-order valence-electron chi connectivity index (χ3n) is 4.42. The second-order valence-corrected chi connectivity index (χ2v) is 6.86. The zero-order valence-corrected chi connectivity index (χ0v) is 12.6. The van der Waals surface area contributed by atoms with Gasteiger partial charge in [0.25, 0.3) is 0 Å². The molecular formula is C15H24N2OS. The van der Waals surface area contributed by atoms with Crippen molar-refractivity contribution in [2.75, 3.05) is 20.3 Å². The first-order valence-electron chi connectivity index (χ1n) is 7.59. The van der Waals surface area contributed by atoms with Crippen LogP contribution in [0.1, 0.15) is 53.7 Å². The number of hydrogen-bond acceptors (Lipinski definition) is 4. The third-order valence-corrected chi connectivity index (χ3v) is 5.66. The molecule has 1 aromatic heterocycles. The monoisotopic (exact) mass is 280 g/mol. The number of nitrogens with one attached hydrogen (secondary N) is 1. The molecule has 3 nitrogen and oxygen atoms in total. The van der Waals surface area contributed by atoms with Gasteiger partial charge in [0.2, 0.25) is 0 Å². The van der Waals surface area contributed by atoms with E-state index in [9.17, 15) is 0 Å². The smallest absolute Gasteiger partial charge is 0.110 e. The zero-order valence-electron chi connectivity index (χ0n) is 11.8. The number of fused-ring (bicyclic) bond motifs is 1. The summed E-state index contributed by atoms with van der Waals surface area (Å²) >= 11 is 1.96. The second kappa shape index (κ2) is 6.33. The Hall–Kier alpha value is -0.450. The fourth-order valence-electron chi connectivity index (χ4n) is 3.41. The van der Waals surface area contributed by atoms with E-state index < -0.39 is 0 Å². The van der Waals surface area contributed by atoms with Crippen LogP contribution in [-0.2, 0) is 17.6 Å². The highest BCUT2D eigenvalue weighted by molar-refractivity contribution is 7.11. The van der Waals surface area contributed by atoms with Crippen molar-refractivity contribution >= 4 is 11.3 Å². The Morgan fingerprint density at radius 2 is 2.16 bits per heavy atom. The minimum absolute atomic E-state index is 0.466. The van der Waals surface area contributed by atoms with Crippen molar-refractivity contribution in [1.29, 1.82) is 0 Å². The van der Waals surface area contributed by atoms with Crippen LogP contribution in [0.25, 0.3) is 0 Å². The molecule has 1 saturated carbocycles. The molecule has 1 atom stereocenters. The Kier molecular flexibility index (Phi) is 4.51.